The highest BCUT2D eigenvalue weighted by Gasteiger charge is 2.18. The number of nitrogens with two attached hydrogens (primary N) is 1. The van der Waals surface area contributed by atoms with Crippen LogP contribution in [0.1, 0.15) is 17.4 Å². The van der Waals surface area contributed by atoms with Gasteiger partial charge < -0.3 is 15.8 Å². The van der Waals surface area contributed by atoms with E-state index in [2.05, 4.69) is 22.1 Å². The summed E-state index contributed by atoms with van der Waals surface area (Å²) in [6.45, 7) is 6.19. The molecular formula is C19H23FN4O2. The highest BCUT2D eigenvalue weighted by molar-refractivity contribution is 5.93. The van der Waals surface area contributed by atoms with Crippen molar-refractivity contribution >= 4 is 11.6 Å². The number of pyridine rings is 1. The molecule has 1 aromatic heterocycles. The molecule has 1 fully saturated rings. The minimum absolute atomic E-state index is 0.177. The number of carbonyl (C=O) groups excluding carboxylic acids is 1. The molecule has 7 heteroatoms. The molecule has 1 aliphatic heterocycles. The second-order valence-corrected chi connectivity index (χ2v) is 6.36. The van der Waals surface area contributed by atoms with E-state index in [-0.39, 0.29) is 11.5 Å². The van der Waals surface area contributed by atoms with Crippen molar-refractivity contribution in [1.29, 1.82) is 0 Å². The molecule has 1 aliphatic rings. The van der Waals surface area contributed by atoms with Gasteiger partial charge in [0.25, 0.3) is 5.91 Å². The van der Waals surface area contributed by atoms with Gasteiger partial charge in [0.15, 0.2) is 0 Å². The van der Waals surface area contributed by atoms with E-state index in [9.17, 15) is 9.18 Å². The Kier molecular flexibility index (Phi) is 5.80. The van der Waals surface area contributed by atoms with Crippen LogP contribution in [-0.2, 0) is 4.74 Å². The topological polar surface area (TPSA) is 80.5 Å². The summed E-state index contributed by atoms with van der Waals surface area (Å²) in [6, 6.07) is 8.07. The van der Waals surface area contributed by atoms with Crippen molar-refractivity contribution in [3.63, 3.8) is 0 Å². The summed E-state index contributed by atoms with van der Waals surface area (Å²) >= 11 is 0. The average Bonchev–Trinajstić information content (AvgIpc) is 2.67. The van der Waals surface area contributed by atoms with E-state index in [1.54, 1.807) is 24.4 Å². The molecule has 0 bridgehead atoms. The van der Waals surface area contributed by atoms with Gasteiger partial charge in [0.1, 0.15) is 11.5 Å². The van der Waals surface area contributed by atoms with Crippen LogP contribution < -0.4 is 11.1 Å². The van der Waals surface area contributed by atoms with Gasteiger partial charge in [-0.2, -0.15) is 0 Å². The number of amides is 1. The van der Waals surface area contributed by atoms with E-state index in [1.165, 1.54) is 12.1 Å². The third-order valence-electron chi connectivity index (χ3n) is 4.57. The van der Waals surface area contributed by atoms with Crippen molar-refractivity contribution in [2.45, 2.75) is 13.0 Å². The Hall–Kier alpha value is -2.51. The minimum Gasteiger partial charge on any atom is -0.382 e. The molecule has 3 N–H and O–H groups in total. The van der Waals surface area contributed by atoms with Crippen LogP contribution in [-0.4, -0.2) is 54.7 Å². The van der Waals surface area contributed by atoms with Gasteiger partial charge in [0.05, 0.1) is 25.1 Å². The van der Waals surface area contributed by atoms with Crippen LogP contribution >= 0.6 is 0 Å². The highest BCUT2D eigenvalue weighted by Crippen LogP contribution is 2.28. The van der Waals surface area contributed by atoms with E-state index in [4.69, 9.17) is 10.5 Å². The lowest BCUT2D eigenvalue weighted by molar-refractivity contribution is 0.0227. The minimum atomic E-state index is -0.596. The Labute approximate surface area is 152 Å². The largest absolute Gasteiger partial charge is 0.382 e. The Morgan fingerprint density at radius 1 is 1.35 bits per heavy atom. The van der Waals surface area contributed by atoms with Gasteiger partial charge in [0, 0.05) is 31.2 Å². The molecular weight excluding hydrogens is 335 g/mol. The fourth-order valence-electron chi connectivity index (χ4n) is 3.00. The van der Waals surface area contributed by atoms with Crippen LogP contribution in [0, 0.1) is 5.82 Å². The highest BCUT2D eigenvalue weighted by atomic mass is 19.1. The number of morpholine rings is 1. The Balaban J connectivity index is 1.81. The second-order valence-electron chi connectivity index (χ2n) is 6.36. The van der Waals surface area contributed by atoms with E-state index in [1.807, 2.05) is 0 Å². The molecule has 1 atom stereocenters. The number of anilines is 1. The number of aromatic nitrogens is 1. The van der Waals surface area contributed by atoms with Gasteiger partial charge in [0.2, 0.25) is 0 Å². The Bertz CT molecular complexity index is 761. The molecule has 1 amide bonds. The molecule has 1 aromatic carbocycles. The number of primary amides is 1. The summed E-state index contributed by atoms with van der Waals surface area (Å²) in [4.78, 5) is 18.0. The molecule has 2 aromatic rings. The third kappa shape index (κ3) is 4.36. The van der Waals surface area contributed by atoms with E-state index in [0.717, 1.165) is 43.1 Å². The average molecular weight is 358 g/mol. The first-order chi connectivity index (χ1) is 12.5. The summed E-state index contributed by atoms with van der Waals surface area (Å²) in [7, 11) is 0. The number of benzene rings is 1. The number of nitrogens with one attached hydrogen (secondary N) is 1. The molecule has 0 spiro atoms. The van der Waals surface area contributed by atoms with Gasteiger partial charge in [-0.15, -0.1) is 0 Å². The van der Waals surface area contributed by atoms with Crippen molar-refractivity contribution in [2.24, 2.45) is 5.73 Å². The number of carbonyl (C=O) groups is 1. The SMILES string of the molecule is CC(CNc1cnc(C(N)=O)cc1-c1ccc(F)cc1)N1CCOCC1. The standard InChI is InChI=1S/C19H23FN4O2/c1-13(24-6-8-26-9-7-24)11-22-18-12-23-17(19(21)25)10-16(18)14-2-4-15(20)5-3-14/h2-5,10,12-13,22H,6-9,11H2,1H3,(H2,21,25). The van der Waals surface area contributed by atoms with Crippen LogP contribution in [0.3, 0.4) is 0 Å². The van der Waals surface area contributed by atoms with E-state index < -0.39 is 5.91 Å². The van der Waals surface area contributed by atoms with Crippen molar-refractivity contribution in [2.75, 3.05) is 38.2 Å². The zero-order chi connectivity index (χ0) is 18.5. The summed E-state index contributed by atoms with van der Waals surface area (Å²) in [6.07, 6.45) is 1.60. The van der Waals surface area contributed by atoms with Crippen LogP contribution in [0.2, 0.25) is 0 Å². The normalized spacial score (nSPS) is 16.2. The Morgan fingerprint density at radius 2 is 2.04 bits per heavy atom. The molecule has 1 saturated heterocycles. The van der Waals surface area contributed by atoms with Crippen molar-refractivity contribution in [3.8, 4) is 11.1 Å². The second kappa shape index (κ2) is 8.25. The lowest BCUT2D eigenvalue weighted by Crippen LogP contribution is -2.45. The quantitative estimate of drug-likeness (QED) is 0.827. The molecule has 2 heterocycles. The molecule has 6 nitrogen and oxygen atoms in total. The molecule has 138 valence electrons. The summed E-state index contributed by atoms with van der Waals surface area (Å²) in [5.41, 5.74) is 7.87. The lowest BCUT2D eigenvalue weighted by atomic mass is 10.0. The molecule has 0 aliphatic carbocycles. The number of hydrogen-bond donors (Lipinski definition) is 2. The Morgan fingerprint density at radius 3 is 2.69 bits per heavy atom. The molecule has 0 saturated carbocycles. The number of rotatable bonds is 6. The third-order valence-corrected chi connectivity index (χ3v) is 4.57. The maximum absolute atomic E-state index is 13.3. The van der Waals surface area contributed by atoms with E-state index >= 15 is 0 Å². The fraction of sp³-hybridized carbons (Fsp3) is 0.368. The summed E-state index contributed by atoms with van der Waals surface area (Å²) in [5, 5.41) is 3.40. The lowest BCUT2D eigenvalue weighted by Gasteiger charge is -2.32. The van der Waals surface area contributed by atoms with Crippen LogP contribution in [0.25, 0.3) is 11.1 Å². The maximum atomic E-state index is 13.3. The van der Waals surface area contributed by atoms with Gasteiger partial charge in [-0.3, -0.25) is 9.69 Å². The molecule has 26 heavy (non-hydrogen) atoms. The van der Waals surface area contributed by atoms with Crippen molar-refractivity contribution in [1.82, 2.24) is 9.88 Å². The smallest absolute Gasteiger partial charge is 0.267 e. The van der Waals surface area contributed by atoms with Gasteiger partial charge in [-0.05, 0) is 30.7 Å². The van der Waals surface area contributed by atoms with Crippen LogP contribution in [0.4, 0.5) is 10.1 Å². The number of nitrogens with zero attached hydrogens (tertiary/aromatic N) is 2. The van der Waals surface area contributed by atoms with Crippen molar-refractivity contribution in [3.05, 3.63) is 48.0 Å². The predicted octanol–water partition coefficient (Wildman–Crippen LogP) is 2.12. The first kappa shape index (κ1) is 18.3. The van der Waals surface area contributed by atoms with Gasteiger partial charge in [-0.1, -0.05) is 12.1 Å². The number of halogens is 1. The zero-order valence-electron chi connectivity index (χ0n) is 14.7. The van der Waals surface area contributed by atoms with E-state index in [0.29, 0.717) is 12.6 Å². The molecule has 1 unspecified atom stereocenters. The monoisotopic (exact) mass is 358 g/mol. The summed E-state index contributed by atoms with van der Waals surface area (Å²) < 4.78 is 18.6. The molecule has 3 rings (SSSR count). The van der Waals surface area contributed by atoms with Crippen LogP contribution in [0.15, 0.2) is 36.5 Å². The fourth-order valence-corrected chi connectivity index (χ4v) is 3.00. The van der Waals surface area contributed by atoms with Crippen LogP contribution in [0.5, 0.6) is 0 Å². The van der Waals surface area contributed by atoms with Gasteiger partial charge in [-0.25, -0.2) is 9.37 Å². The number of hydrogen-bond acceptors (Lipinski definition) is 5. The van der Waals surface area contributed by atoms with Crippen molar-refractivity contribution < 1.29 is 13.9 Å². The number of ether oxygens (including phenoxy) is 1. The first-order valence-electron chi connectivity index (χ1n) is 8.66. The summed E-state index contributed by atoms with van der Waals surface area (Å²) in [5.74, 6) is -0.907. The molecule has 0 radical (unpaired) electrons. The first-order valence-corrected chi connectivity index (χ1v) is 8.66. The zero-order valence-corrected chi connectivity index (χ0v) is 14.7. The van der Waals surface area contributed by atoms with Gasteiger partial charge >= 0.3 is 0 Å². The maximum Gasteiger partial charge on any atom is 0.267 e. The predicted molar refractivity (Wildman–Crippen MR) is 98.5 cm³/mol.